The van der Waals surface area contributed by atoms with Crippen molar-refractivity contribution in [1.29, 1.82) is 0 Å². The SMILES string of the molecule is CCC(NC(=O)c1ccc(NS(C)(=O)=O)c(Cl)c1)c1ccc(OC)cc1. The van der Waals surface area contributed by atoms with E-state index in [1.165, 1.54) is 18.2 Å². The molecule has 0 bridgehead atoms. The molecule has 1 unspecified atom stereocenters. The molecule has 0 saturated heterocycles. The number of anilines is 1. The molecule has 0 radical (unpaired) electrons. The molecule has 0 aliphatic carbocycles. The summed E-state index contributed by atoms with van der Waals surface area (Å²) >= 11 is 6.08. The minimum atomic E-state index is -3.44. The van der Waals surface area contributed by atoms with Crippen LogP contribution in [0.15, 0.2) is 42.5 Å². The van der Waals surface area contributed by atoms with Crippen LogP contribution in [0.5, 0.6) is 5.75 Å². The molecule has 6 nitrogen and oxygen atoms in total. The first kappa shape index (κ1) is 20.1. The fraction of sp³-hybridized carbons (Fsp3) is 0.278. The highest BCUT2D eigenvalue weighted by molar-refractivity contribution is 7.92. The van der Waals surface area contributed by atoms with E-state index in [4.69, 9.17) is 16.3 Å². The molecule has 2 rings (SSSR count). The van der Waals surface area contributed by atoms with Crippen molar-refractivity contribution in [2.75, 3.05) is 18.1 Å². The van der Waals surface area contributed by atoms with Gasteiger partial charge in [-0.05, 0) is 42.3 Å². The Morgan fingerprint density at radius 3 is 2.35 bits per heavy atom. The Kier molecular flexibility index (Phi) is 6.50. The number of ether oxygens (including phenoxy) is 1. The Labute approximate surface area is 158 Å². The normalized spacial score (nSPS) is 12.3. The van der Waals surface area contributed by atoms with Gasteiger partial charge >= 0.3 is 0 Å². The summed E-state index contributed by atoms with van der Waals surface area (Å²) in [7, 11) is -1.85. The molecule has 2 aromatic rings. The lowest BCUT2D eigenvalue weighted by Gasteiger charge is -2.18. The smallest absolute Gasteiger partial charge is 0.251 e. The standard InChI is InChI=1S/C18H21ClN2O4S/c1-4-16(12-5-8-14(25-2)9-6-12)20-18(22)13-7-10-17(15(19)11-13)21-26(3,23)24/h5-11,16,21H,4H2,1-3H3,(H,20,22). The molecule has 140 valence electrons. The zero-order valence-corrected chi connectivity index (χ0v) is 16.3. The predicted molar refractivity (Wildman–Crippen MR) is 103 cm³/mol. The van der Waals surface area contributed by atoms with E-state index in [2.05, 4.69) is 10.0 Å². The first-order valence-corrected chi connectivity index (χ1v) is 10.2. The van der Waals surface area contributed by atoms with Gasteiger partial charge in [0, 0.05) is 5.56 Å². The summed E-state index contributed by atoms with van der Waals surface area (Å²) in [5, 5.41) is 3.11. The first-order valence-electron chi connectivity index (χ1n) is 7.95. The van der Waals surface area contributed by atoms with Gasteiger partial charge in [0.2, 0.25) is 10.0 Å². The van der Waals surface area contributed by atoms with E-state index >= 15 is 0 Å². The molecular weight excluding hydrogens is 376 g/mol. The van der Waals surface area contributed by atoms with Crippen LogP contribution in [0.25, 0.3) is 0 Å². The Bertz CT molecular complexity index is 883. The van der Waals surface area contributed by atoms with E-state index in [1.807, 2.05) is 31.2 Å². The van der Waals surface area contributed by atoms with Crippen molar-refractivity contribution >= 4 is 33.2 Å². The number of carbonyl (C=O) groups is 1. The van der Waals surface area contributed by atoms with E-state index in [-0.39, 0.29) is 22.7 Å². The van der Waals surface area contributed by atoms with Crippen molar-refractivity contribution in [3.8, 4) is 5.75 Å². The zero-order valence-electron chi connectivity index (χ0n) is 14.7. The molecule has 1 amide bonds. The topological polar surface area (TPSA) is 84.5 Å². The second-order valence-electron chi connectivity index (χ2n) is 5.78. The van der Waals surface area contributed by atoms with Crippen molar-refractivity contribution in [1.82, 2.24) is 5.32 Å². The van der Waals surface area contributed by atoms with E-state index in [1.54, 1.807) is 7.11 Å². The van der Waals surface area contributed by atoms with Crippen LogP contribution in [0.3, 0.4) is 0 Å². The fourth-order valence-electron chi connectivity index (χ4n) is 2.44. The number of carbonyl (C=O) groups excluding carboxylic acids is 1. The number of halogens is 1. The summed E-state index contributed by atoms with van der Waals surface area (Å²) in [4.78, 5) is 12.5. The summed E-state index contributed by atoms with van der Waals surface area (Å²) in [6.07, 6.45) is 1.74. The Morgan fingerprint density at radius 1 is 1.19 bits per heavy atom. The summed E-state index contributed by atoms with van der Waals surface area (Å²) in [6, 6.07) is 11.7. The molecule has 8 heteroatoms. The van der Waals surface area contributed by atoms with Gasteiger partial charge in [0.15, 0.2) is 0 Å². The van der Waals surface area contributed by atoms with Crippen molar-refractivity contribution < 1.29 is 17.9 Å². The maximum Gasteiger partial charge on any atom is 0.251 e. The van der Waals surface area contributed by atoms with Crippen molar-refractivity contribution in [2.24, 2.45) is 0 Å². The molecule has 2 aromatic carbocycles. The number of benzene rings is 2. The van der Waals surface area contributed by atoms with Gasteiger partial charge in [0.05, 0.1) is 30.1 Å². The monoisotopic (exact) mass is 396 g/mol. The van der Waals surface area contributed by atoms with Crippen LogP contribution in [0.4, 0.5) is 5.69 Å². The molecule has 0 heterocycles. The molecule has 0 spiro atoms. The third-order valence-electron chi connectivity index (χ3n) is 3.76. The van der Waals surface area contributed by atoms with E-state index in [0.717, 1.165) is 17.6 Å². The maximum absolute atomic E-state index is 12.5. The highest BCUT2D eigenvalue weighted by Gasteiger charge is 2.16. The largest absolute Gasteiger partial charge is 0.497 e. The van der Waals surface area contributed by atoms with E-state index in [9.17, 15) is 13.2 Å². The quantitative estimate of drug-likeness (QED) is 0.748. The molecule has 0 aliphatic heterocycles. The second kappa shape index (κ2) is 8.42. The number of sulfonamides is 1. The Hall–Kier alpha value is -2.25. The second-order valence-corrected chi connectivity index (χ2v) is 7.93. The average Bonchev–Trinajstić information content (AvgIpc) is 2.60. The van der Waals surface area contributed by atoms with Crippen LogP contribution in [0.1, 0.15) is 35.3 Å². The highest BCUT2D eigenvalue weighted by Crippen LogP contribution is 2.25. The molecular formula is C18H21ClN2O4S. The van der Waals surface area contributed by atoms with Crippen LogP contribution in [-0.2, 0) is 10.0 Å². The molecule has 0 aromatic heterocycles. The molecule has 26 heavy (non-hydrogen) atoms. The molecule has 0 saturated carbocycles. The average molecular weight is 397 g/mol. The van der Waals surface area contributed by atoms with Crippen molar-refractivity contribution in [3.63, 3.8) is 0 Å². The number of rotatable bonds is 7. The lowest BCUT2D eigenvalue weighted by Crippen LogP contribution is -2.28. The molecule has 0 aliphatic rings. The van der Waals surface area contributed by atoms with Gasteiger partial charge in [-0.15, -0.1) is 0 Å². The van der Waals surface area contributed by atoms with Gasteiger partial charge in [0.1, 0.15) is 5.75 Å². The van der Waals surface area contributed by atoms with Crippen LogP contribution >= 0.6 is 11.6 Å². The van der Waals surface area contributed by atoms with Gasteiger partial charge < -0.3 is 10.1 Å². The minimum absolute atomic E-state index is 0.153. The van der Waals surface area contributed by atoms with Gasteiger partial charge in [-0.1, -0.05) is 30.7 Å². The molecule has 1 atom stereocenters. The maximum atomic E-state index is 12.5. The fourth-order valence-corrected chi connectivity index (χ4v) is 3.30. The third kappa shape index (κ3) is 5.37. The number of amides is 1. The summed E-state index contributed by atoms with van der Waals surface area (Å²) in [6.45, 7) is 1.97. The van der Waals surface area contributed by atoms with Crippen molar-refractivity contribution in [3.05, 3.63) is 58.6 Å². The van der Waals surface area contributed by atoms with Gasteiger partial charge in [0.25, 0.3) is 5.91 Å². The zero-order chi connectivity index (χ0) is 19.3. The highest BCUT2D eigenvalue weighted by atomic mass is 35.5. The van der Waals surface area contributed by atoms with Gasteiger partial charge in [-0.2, -0.15) is 0 Å². The predicted octanol–water partition coefficient (Wildman–Crippen LogP) is 3.60. The Morgan fingerprint density at radius 2 is 1.85 bits per heavy atom. The molecule has 0 fully saturated rings. The van der Waals surface area contributed by atoms with Crippen LogP contribution in [0.2, 0.25) is 5.02 Å². The van der Waals surface area contributed by atoms with Gasteiger partial charge in [-0.3, -0.25) is 9.52 Å². The number of methoxy groups -OCH3 is 1. The van der Waals surface area contributed by atoms with Crippen LogP contribution < -0.4 is 14.8 Å². The summed E-state index contributed by atoms with van der Waals surface area (Å²) in [5.74, 6) is 0.455. The summed E-state index contributed by atoms with van der Waals surface area (Å²) < 4.78 is 30.0. The number of hydrogen-bond donors (Lipinski definition) is 2. The van der Waals surface area contributed by atoms with Crippen LogP contribution in [0, 0.1) is 0 Å². The Balaban J connectivity index is 2.15. The molecule has 2 N–H and O–H groups in total. The minimum Gasteiger partial charge on any atom is -0.497 e. The third-order valence-corrected chi connectivity index (χ3v) is 4.66. The summed E-state index contributed by atoms with van der Waals surface area (Å²) in [5.41, 5.74) is 1.54. The lowest BCUT2D eigenvalue weighted by atomic mass is 10.0. The van der Waals surface area contributed by atoms with E-state index < -0.39 is 10.0 Å². The van der Waals surface area contributed by atoms with Gasteiger partial charge in [-0.25, -0.2) is 8.42 Å². The van der Waals surface area contributed by atoms with E-state index in [0.29, 0.717) is 12.0 Å². The number of nitrogens with one attached hydrogen (secondary N) is 2. The van der Waals surface area contributed by atoms with Crippen LogP contribution in [-0.4, -0.2) is 27.7 Å². The number of hydrogen-bond acceptors (Lipinski definition) is 4. The lowest BCUT2D eigenvalue weighted by molar-refractivity contribution is 0.0935. The van der Waals surface area contributed by atoms with Crippen molar-refractivity contribution in [2.45, 2.75) is 19.4 Å². The first-order chi connectivity index (χ1) is 12.2.